The van der Waals surface area contributed by atoms with Gasteiger partial charge in [0, 0.05) is 31.7 Å². The minimum Gasteiger partial charge on any atom is -0.381 e. The van der Waals surface area contributed by atoms with E-state index in [0.29, 0.717) is 12.0 Å². The van der Waals surface area contributed by atoms with E-state index in [1.807, 2.05) is 0 Å². The molecule has 1 saturated heterocycles. The lowest BCUT2D eigenvalue weighted by Gasteiger charge is -2.35. The van der Waals surface area contributed by atoms with E-state index >= 15 is 0 Å². The van der Waals surface area contributed by atoms with E-state index in [2.05, 4.69) is 24.2 Å². The maximum atomic E-state index is 5.66. The highest BCUT2D eigenvalue weighted by Gasteiger charge is 2.27. The van der Waals surface area contributed by atoms with Gasteiger partial charge in [-0.05, 0) is 38.8 Å². The third kappa shape index (κ3) is 4.22. The molecule has 1 heterocycles. The zero-order chi connectivity index (χ0) is 12.8. The molecule has 0 amide bonds. The molecule has 2 fully saturated rings. The number of ether oxygens (including phenoxy) is 1. The lowest BCUT2D eigenvalue weighted by Crippen LogP contribution is -2.47. The maximum absolute atomic E-state index is 5.66. The summed E-state index contributed by atoms with van der Waals surface area (Å²) in [5, 5.41) is 3.63. The van der Waals surface area contributed by atoms with E-state index in [9.17, 15) is 0 Å². The van der Waals surface area contributed by atoms with Gasteiger partial charge in [0.2, 0.25) is 0 Å². The van der Waals surface area contributed by atoms with Crippen molar-refractivity contribution >= 4 is 0 Å². The Morgan fingerprint density at radius 2 is 1.94 bits per heavy atom. The third-order valence-corrected chi connectivity index (χ3v) is 4.53. The molecule has 1 N–H and O–H groups in total. The number of nitrogens with zero attached hydrogens (tertiary/aromatic N) is 1. The summed E-state index contributed by atoms with van der Waals surface area (Å²) in [5.74, 6) is 1.63. The Hall–Kier alpha value is -0.120. The molecule has 1 aliphatic carbocycles. The van der Waals surface area contributed by atoms with E-state index in [1.54, 1.807) is 0 Å². The van der Waals surface area contributed by atoms with Crippen molar-refractivity contribution in [2.75, 3.05) is 39.9 Å². The van der Waals surface area contributed by atoms with Crippen LogP contribution in [-0.2, 0) is 4.74 Å². The second-order valence-corrected chi connectivity index (χ2v) is 6.16. The van der Waals surface area contributed by atoms with Gasteiger partial charge in [-0.15, -0.1) is 0 Å². The third-order valence-electron chi connectivity index (χ3n) is 4.53. The van der Waals surface area contributed by atoms with Gasteiger partial charge in [-0.3, -0.25) is 0 Å². The Labute approximate surface area is 112 Å². The summed E-state index contributed by atoms with van der Waals surface area (Å²) in [7, 11) is 2.29. The van der Waals surface area contributed by atoms with Crippen molar-refractivity contribution in [2.24, 2.45) is 11.8 Å². The van der Waals surface area contributed by atoms with Gasteiger partial charge in [0.15, 0.2) is 0 Å². The van der Waals surface area contributed by atoms with Crippen LogP contribution in [0.5, 0.6) is 0 Å². The zero-order valence-electron chi connectivity index (χ0n) is 12.2. The van der Waals surface area contributed by atoms with Gasteiger partial charge < -0.3 is 15.0 Å². The number of nitrogens with one attached hydrogen (secondary N) is 1. The predicted molar refractivity (Wildman–Crippen MR) is 75.8 cm³/mol. The molecule has 1 saturated carbocycles. The van der Waals surface area contributed by atoms with E-state index < -0.39 is 0 Å². The summed E-state index contributed by atoms with van der Waals surface area (Å²) in [6.45, 7) is 7.62. The van der Waals surface area contributed by atoms with Gasteiger partial charge in [0.25, 0.3) is 0 Å². The molecular weight excluding hydrogens is 224 g/mol. The first-order valence-corrected chi connectivity index (χ1v) is 7.79. The summed E-state index contributed by atoms with van der Waals surface area (Å²) in [6, 6.07) is 0.662. The van der Waals surface area contributed by atoms with Gasteiger partial charge in [0.1, 0.15) is 0 Å². The van der Waals surface area contributed by atoms with Crippen molar-refractivity contribution in [3.8, 4) is 0 Å². The Bertz CT molecular complexity index is 227. The molecule has 2 rings (SSSR count). The molecule has 2 aliphatic rings. The quantitative estimate of drug-likeness (QED) is 0.786. The minimum atomic E-state index is 0.662. The molecule has 0 aromatic rings. The van der Waals surface area contributed by atoms with E-state index in [-0.39, 0.29) is 0 Å². The van der Waals surface area contributed by atoms with Crippen molar-refractivity contribution in [1.82, 2.24) is 10.2 Å². The SMILES string of the molecule is CCNC1CCOCC1CN(C)CC1CCCC1. The fourth-order valence-corrected chi connectivity index (χ4v) is 3.62. The average Bonchev–Trinajstić information content (AvgIpc) is 2.84. The van der Waals surface area contributed by atoms with Crippen LogP contribution >= 0.6 is 0 Å². The normalized spacial score (nSPS) is 30.2. The van der Waals surface area contributed by atoms with Crippen LogP contribution in [0.2, 0.25) is 0 Å². The molecule has 2 unspecified atom stereocenters. The Balaban J connectivity index is 1.74. The largest absolute Gasteiger partial charge is 0.381 e. The molecule has 0 bridgehead atoms. The van der Waals surface area contributed by atoms with Gasteiger partial charge >= 0.3 is 0 Å². The Morgan fingerprint density at radius 1 is 1.17 bits per heavy atom. The van der Waals surface area contributed by atoms with Crippen LogP contribution in [0.25, 0.3) is 0 Å². The first kappa shape index (κ1) is 14.3. The highest BCUT2D eigenvalue weighted by atomic mass is 16.5. The zero-order valence-corrected chi connectivity index (χ0v) is 12.2. The fourth-order valence-electron chi connectivity index (χ4n) is 3.62. The van der Waals surface area contributed by atoms with Gasteiger partial charge in [-0.25, -0.2) is 0 Å². The van der Waals surface area contributed by atoms with Crippen LogP contribution < -0.4 is 5.32 Å². The van der Waals surface area contributed by atoms with Crippen LogP contribution in [0, 0.1) is 11.8 Å². The lowest BCUT2D eigenvalue weighted by molar-refractivity contribution is 0.0186. The number of hydrogen-bond donors (Lipinski definition) is 1. The Morgan fingerprint density at radius 3 is 2.67 bits per heavy atom. The predicted octanol–water partition coefficient (Wildman–Crippen LogP) is 2.12. The summed E-state index contributed by atoms with van der Waals surface area (Å²) < 4.78 is 5.66. The standard InChI is InChI=1S/C15H30N2O/c1-3-16-15-8-9-18-12-14(15)11-17(2)10-13-6-4-5-7-13/h13-16H,3-12H2,1-2H3. The van der Waals surface area contributed by atoms with E-state index in [0.717, 1.165) is 25.7 Å². The highest BCUT2D eigenvalue weighted by Crippen LogP contribution is 2.25. The fraction of sp³-hybridized carbons (Fsp3) is 1.00. The van der Waals surface area contributed by atoms with Crippen LogP contribution in [0.3, 0.4) is 0 Å². The van der Waals surface area contributed by atoms with Crippen LogP contribution in [0.4, 0.5) is 0 Å². The second-order valence-electron chi connectivity index (χ2n) is 6.16. The van der Waals surface area contributed by atoms with Crippen molar-refractivity contribution in [3.63, 3.8) is 0 Å². The summed E-state index contributed by atoms with van der Waals surface area (Å²) in [5.41, 5.74) is 0. The van der Waals surface area contributed by atoms with E-state index in [1.165, 1.54) is 45.2 Å². The van der Waals surface area contributed by atoms with Gasteiger partial charge in [-0.1, -0.05) is 19.8 Å². The molecule has 3 nitrogen and oxygen atoms in total. The second kappa shape index (κ2) is 7.46. The molecule has 2 atom stereocenters. The summed E-state index contributed by atoms with van der Waals surface area (Å²) in [6.07, 6.45) is 6.97. The van der Waals surface area contributed by atoms with Crippen LogP contribution in [0.1, 0.15) is 39.0 Å². The van der Waals surface area contributed by atoms with Crippen molar-refractivity contribution < 1.29 is 4.74 Å². The topological polar surface area (TPSA) is 24.5 Å². The highest BCUT2D eigenvalue weighted by molar-refractivity contribution is 4.82. The molecule has 1 aliphatic heterocycles. The number of hydrogen-bond acceptors (Lipinski definition) is 3. The smallest absolute Gasteiger partial charge is 0.0521 e. The van der Waals surface area contributed by atoms with Crippen LogP contribution in [-0.4, -0.2) is 50.8 Å². The maximum Gasteiger partial charge on any atom is 0.0521 e. The van der Waals surface area contributed by atoms with Gasteiger partial charge in [0.05, 0.1) is 6.61 Å². The van der Waals surface area contributed by atoms with Crippen molar-refractivity contribution in [3.05, 3.63) is 0 Å². The summed E-state index contributed by atoms with van der Waals surface area (Å²) >= 11 is 0. The van der Waals surface area contributed by atoms with E-state index in [4.69, 9.17) is 4.74 Å². The lowest BCUT2D eigenvalue weighted by atomic mass is 9.94. The first-order valence-electron chi connectivity index (χ1n) is 7.79. The molecule has 0 spiro atoms. The molecule has 18 heavy (non-hydrogen) atoms. The van der Waals surface area contributed by atoms with Gasteiger partial charge in [-0.2, -0.15) is 0 Å². The first-order chi connectivity index (χ1) is 8.79. The molecule has 0 aromatic carbocycles. The minimum absolute atomic E-state index is 0.662. The Kier molecular flexibility index (Phi) is 5.93. The number of rotatable bonds is 6. The van der Waals surface area contributed by atoms with Crippen LogP contribution in [0.15, 0.2) is 0 Å². The molecule has 0 radical (unpaired) electrons. The van der Waals surface area contributed by atoms with Crippen molar-refractivity contribution in [1.29, 1.82) is 0 Å². The molecular formula is C15H30N2O. The molecule has 106 valence electrons. The average molecular weight is 254 g/mol. The summed E-state index contributed by atoms with van der Waals surface area (Å²) in [4.78, 5) is 2.54. The van der Waals surface area contributed by atoms with Crippen molar-refractivity contribution in [2.45, 2.75) is 45.1 Å². The molecule has 3 heteroatoms. The monoisotopic (exact) mass is 254 g/mol. The molecule has 0 aromatic heterocycles.